The molecule has 0 aromatic heterocycles. The van der Waals surface area contributed by atoms with Gasteiger partial charge in [-0.3, -0.25) is 4.79 Å². The Kier molecular flexibility index (Phi) is 5.47. The van der Waals surface area contributed by atoms with E-state index in [9.17, 15) is 13.2 Å². The molecule has 0 spiro atoms. The van der Waals surface area contributed by atoms with Gasteiger partial charge in [-0.25, -0.2) is 8.42 Å². The summed E-state index contributed by atoms with van der Waals surface area (Å²) < 4.78 is 23.7. The van der Waals surface area contributed by atoms with Crippen LogP contribution in [-0.2, 0) is 9.84 Å². The lowest BCUT2D eigenvalue weighted by atomic mass is 10.0. The fourth-order valence-electron chi connectivity index (χ4n) is 3.41. The number of carbonyl (C=O) groups excluding carboxylic acids is 1. The number of amides is 1. The molecule has 0 saturated carbocycles. The minimum atomic E-state index is -3.03. The number of benzene rings is 2. The summed E-state index contributed by atoms with van der Waals surface area (Å²) >= 11 is 0. The topological polar surface area (TPSA) is 54.5 Å². The second-order valence-electron chi connectivity index (χ2n) is 7.35. The van der Waals surface area contributed by atoms with Crippen molar-refractivity contribution in [1.82, 2.24) is 4.90 Å². The highest BCUT2D eigenvalue weighted by molar-refractivity contribution is 7.91. The maximum atomic E-state index is 13.1. The average Bonchev–Trinajstić information content (AvgIpc) is 2.99. The third-order valence-electron chi connectivity index (χ3n) is 4.71. The van der Waals surface area contributed by atoms with Crippen molar-refractivity contribution in [1.29, 1.82) is 0 Å². The molecule has 26 heavy (non-hydrogen) atoms. The average molecular weight is 372 g/mol. The normalized spacial score (nSPS) is 18.8. The van der Waals surface area contributed by atoms with E-state index in [0.29, 0.717) is 18.5 Å². The highest BCUT2D eigenvalue weighted by Gasteiger charge is 2.35. The van der Waals surface area contributed by atoms with Crippen LogP contribution in [0.15, 0.2) is 54.6 Å². The lowest BCUT2D eigenvalue weighted by molar-refractivity contribution is 0.0672. The molecule has 1 aliphatic rings. The van der Waals surface area contributed by atoms with Gasteiger partial charge in [-0.05, 0) is 35.6 Å². The summed E-state index contributed by atoms with van der Waals surface area (Å²) in [6.45, 7) is 4.66. The third-order valence-corrected chi connectivity index (χ3v) is 6.46. The van der Waals surface area contributed by atoms with Crippen LogP contribution in [0.5, 0.6) is 0 Å². The van der Waals surface area contributed by atoms with Crippen LogP contribution >= 0.6 is 0 Å². The highest BCUT2D eigenvalue weighted by atomic mass is 32.2. The minimum absolute atomic E-state index is 0.0769. The smallest absolute Gasteiger partial charge is 0.254 e. The van der Waals surface area contributed by atoms with Gasteiger partial charge >= 0.3 is 0 Å². The van der Waals surface area contributed by atoms with Crippen molar-refractivity contribution in [3.63, 3.8) is 0 Å². The standard InChI is InChI=1S/C21H25NO3S/c1-16(2)14-22(20-12-13-26(24,25)15-20)21(23)19-10-8-18(9-11-19)17-6-4-3-5-7-17/h3-11,16,20H,12-15H2,1-2H3/t20-/m0/s1. The summed E-state index contributed by atoms with van der Waals surface area (Å²) in [5.41, 5.74) is 2.77. The molecular weight excluding hydrogens is 346 g/mol. The molecule has 2 aromatic carbocycles. The SMILES string of the molecule is CC(C)CN(C(=O)c1ccc(-c2ccccc2)cc1)[C@H]1CCS(=O)(=O)C1. The second-order valence-corrected chi connectivity index (χ2v) is 9.58. The van der Waals surface area contributed by atoms with Gasteiger partial charge in [-0.2, -0.15) is 0 Å². The van der Waals surface area contributed by atoms with Crippen LogP contribution in [0.3, 0.4) is 0 Å². The van der Waals surface area contributed by atoms with Gasteiger partial charge in [-0.15, -0.1) is 0 Å². The summed E-state index contributed by atoms with van der Waals surface area (Å²) in [4.78, 5) is 14.8. The first-order chi connectivity index (χ1) is 12.4. The summed E-state index contributed by atoms with van der Waals surface area (Å²) in [7, 11) is -3.03. The number of hydrogen-bond donors (Lipinski definition) is 0. The molecule has 3 rings (SSSR count). The van der Waals surface area contributed by atoms with Crippen molar-refractivity contribution in [3.8, 4) is 11.1 Å². The van der Waals surface area contributed by atoms with Crippen LogP contribution < -0.4 is 0 Å². The summed E-state index contributed by atoms with van der Waals surface area (Å²) in [5.74, 6) is 0.450. The van der Waals surface area contributed by atoms with Gasteiger partial charge < -0.3 is 4.90 Å². The van der Waals surface area contributed by atoms with Crippen LogP contribution in [0, 0.1) is 5.92 Å². The summed E-state index contributed by atoms with van der Waals surface area (Å²) in [6.07, 6.45) is 0.531. The van der Waals surface area contributed by atoms with E-state index in [1.165, 1.54) is 0 Å². The predicted molar refractivity (Wildman–Crippen MR) is 105 cm³/mol. The molecule has 1 aliphatic heterocycles. The number of hydrogen-bond acceptors (Lipinski definition) is 3. The Morgan fingerprint density at radius 3 is 2.19 bits per heavy atom. The third kappa shape index (κ3) is 4.33. The molecule has 1 heterocycles. The maximum Gasteiger partial charge on any atom is 0.254 e. The van der Waals surface area contributed by atoms with Crippen LogP contribution in [0.1, 0.15) is 30.6 Å². The van der Waals surface area contributed by atoms with E-state index in [1.54, 1.807) is 4.90 Å². The van der Waals surface area contributed by atoms with Gasteiger partial charge in [0, 0.05) is 18.2 Å². The molecule has 0 radical (unpaired) electrons. The van der Waals surface area contributed by atoms with E-state index < -0.39 is 9.84 Å². The Labute approximate surface area is 155 Å². The van der Waals surface area contributed by atoms with Crippen molar-refractivity contribution in [2.75, 3.05) is 18.1 Å². The first-order valence-electron chi connectivity index (χ1n) is 9.02. The first kappa shape index (κ1) is 18.6. The molecule has 1 amide bonds. The Morgan fingerprint density at radius 1 is 1.04 bits per heavy atom. The molecule has 0 bridgehead atoms. The molecule has 138 valence electrons. The van der Waals surface area contributed by atoms with Crippen molar-refractivity contribution in [3.05, 3.63) is 60.2 Å². The monoisotopic (exact) mass is 371 g/mol. The van der Waals surface area contributed by atoms with E-state index in [0.717, 1.165) is 11.1 Å². The van der Waals surface area contributed by atoms with Crippen LogP contribution in [0.2, 0.25) is 0 Å². The van der Waals surface area contributed by atoms with Crippen molar-refractivity contribution >= 4 is 15.7 Å². The predicted octanol–water partition coefficient (Wildman–Crippen LogP) is 3.64. The molecule has 1 atom stereocenters. The van der Waals surface area contributed by atoms with Crippen LogP contribution in [0.4, 0.5) is 0 Å². The molecule has 1 fully saturated rings. The number of nitrogens with zero attached hydrogens (tertiary/aromatic N) is 1. The Bertz CT molecular complexity index is 858. The van der Waals surface area contributed by atoms with Gasteiger partial charge in [0.2, 0.25) is 0 Å². The number of rotatable bonds is 5. The maximum absolute atomic E-state index is 13.1. The number of sulfone groups is 1. The Morgan fingerprint density at radius 2 is 1.65 bits per heavy atom. The van der Waals surface area contributed by atoms with Crippen molar-refractivity contribution < 1.29 is 13.2 Å². The summed E-state index contributed by atoms with van der Waals surface area (Å²) in [5, 5.41) is 0. The van der Waals surface area contributed by atoms with Crippen molar-refractivity contribution in [2.45, 2.75) is 26.3 Å². The Hall–Kier alpha value is -2.14. The zero-order chi connectivity index (χ0) is 18.7. The van der Waals surface area contributed by atoms with Crippen LogP contribution in [0.25, 0.3) is 11.1 Å². The molecular formula is C21H25NO3S. The summed E-state index contributed by atoms with van der Waals surface area (Å²) in [6, 6.07) is 17.4. The minimum Gasteiger partial charge on any atom is -0.334 e. The van der Waals surface area contributed by atoms with E-state index in [-0.39, 0.29) is 29.4 Å². The quantitative estimate of drug-likeness (QED) is 0.806. The fraction of sp³-hybridized carbons (Fsp3) is 0.381. The van der Waals surface area contributed by atoms with Gasteiger partial charge in [0.05, 0.1) is 11.5 Å². The highest BCUT2D eigenvalue weighted by Crippen LogP contribution is 2.23. The molecule has 2 aromatic rings. The molecule has 5 heteroatoms. The molecule has 1 saturated heterocycles. The zero-order valence-electron chi connectivity index (χ0n) is 15.3. The van der Waals surface area contributed by atoms with E-state index in [2.05, 4.69) is 0 Å². The first-order valence-corrected chi connectivity index (χ1v) is 10.8. The zero-order valence-corrected chi connectivity index (χ0v) is 16.1. The molecule has 0 unspecified atom stereocenters. The molecule has 4 nitrogen and oxygen atoms in total. The van der Waals surface area contributed by atoms with Crippen molar-refractivity contribution in [2.24, 2.45) is 5.92 Å². The Balaban J connectivity index is 1.82. The lowest BCUT2D eigenvalue weighted by Gasteiger charge is -2.30. The van der Waals surface area contributed by atoms with Gasteiger partial charge in [-0.1, -0.05) is 56.3 Å². The van der Waals surface area contributed by atoms with Gasteiger partial charge in [0.1, 0.15) is 0 Å². The largest absolute Gasteiger partial charge is 0.334 e. The molecule has 0 N–H and O–H groups in total. The number of carbonyl (C=O) groups is 1. The lowest BCUT2D eigenvalue weighted by Crippen LogP contribution is -2.43. The van der Waals surface area contributed by atoms with Gasteiger partial charge in [0.25, 0.3) is 5.91 Å². The second kappa shape index (κ2) is 7.62. The van der Waals surface area contributed by atoms with E-state index >= 15 is 0 Å². The fourth-order valence-corrected chi connectivity index (χ4v) is 5.14. The van der Waals surface area contributed by atoms with Crippen LogP contribution in [-0.4, -0.2) is 43.3 Å². The van der Waals surface area contributed by atoms with E-state index in [1.807, 2.05) is 68.4 Å². The molecule has 0 aliphatic carbocycles. The van der Waals surface area contributed by atoms with E-state index in [4.69, 9.17) is 0 Å². The van der Waals surface area contributed by atoms with Gasteiger partial charge in [0.15, 0.2) is 9.84 Å².